The molecule has 23 heavy (non-hydrogen) atoms. The highest BCUT2D eigenvalue weighted by Crippen LogP contribution is 2.16. The van der Waals surface area contributed by atoms with Gasteiger partial charge in [0.25, 0.3) is 5.91 Å². The molecule has 0 aliphatic carbocycles. The molecule has 1 amide bonds. The fourth-order valence-electron chi connectivity index (χ4n) is 2.52. The van der Waals surface area contributed by atoms with Crippen molar-refractivity contribution in [2.45, 2.75) is 13.0 Å². The molecule has 1 aromatic heterocycles. The molecule has 1 atom stereocenters. The van der Waals surface area contributed by atoms with Gasteiger partial charge in [0.05, 0.1) is 5.52 Å². The molecule has 0 aliphatic rings. The topological polar surface area (TPSA) is 61.0 Å². The molecule has 2 aromatic carbocycles. The first kappa shape index (κ1) is 15.1. The number of hydrogen-bond acceptors (Lipinski definition) is 3. The predicted octanol–water partition coefficient (Wildman–Crippen LogP) is 2.82. The van der Waals surface area contributed by atoms with Crippen LogP contribution in [0.5, 0.6) is 0 Å². The van der Waals surface area contributed by atoms with Gasteiger partial charge in [-0.25, -0.2) is 0 Å². The second kappa shape index (κ2) is 6.52. The van der Waals surface area contributed by atoms with Gasteiger partial charge >= 0.3 is 0 Å². The lowest BCUT2D eigenvalue weighted by molar-refractivity contribution is 0.0948. The molecule has 0 fully saturated rings. The molecule has 0 saturated heterocycles. The number of para-hydroxylation sites is 2. The maximum Gasteiger partial charge on any atom is 0.272 e. The van der Waals surface area contributed by atoms with Gasteiger partial charge in [-0.15, -0.1) is 0 Å². The van der Waals surface area contributed by atoms with Crippen molar-refractivity contribution < 1.29 is 4.79 Å². The number of hydrogen-bond donors (Lipinski definition) is 2. The van der Waals surface area contributed by atoms with Crippen molar-refractivity contribution in [3.8, 4) is 0 Å². The minimum atomic E-state index is -0.157. The Morgan fingerprint density at radius 1 is 1.17 bits per heavy atom. The van der Waals surface area contributed by atoms with Gasteiger partial charge in [-0.05, 0) is 25.1 Å². The summed E-state index contributed by atoms with van der Waals surface area (Å²) in [6, 6.07) is 17.9. The van der Waals surface area contributed by atoms with Gasteiger partial charge in [0.1, 0.15) is 0 Å². The number of carbonyl (C=O) groups excluding carboxylic acids is 1. The van der Waals surface area contributed by atoms with E-state index in [1.54, 1.807) is 0 Å². The number of benzene rings is 2. The number of H-pyrrole nitrogens is 1. The maximum atomic E-state index is 12.4. The van der Waals surface area contributed by atoms with Gasteiger partial charge in [0, 0.05) is 30.7 Å². The normalized spacial score (nSPS) is 12.1. The van der Waals surface area contributed by atoms with Crippen LogP contribution in [0.1, 0.15) is 17.4 Å². The summed E-state index contributed by atoms with van der Waals surface area (Å²) in [5.74, 6) is -0.157. The fraction of sp³-hybridized carbons (Fsp3) is 0.222. The van der Waals surface area contributed by atoms with Gasteiger partial charge < -0.3 is 10.2 Å². The van der Waals surface area contributed by atoms with Crippen LogP contribution in [0.3, 0.4) is 0 Å². The third-order valence-corrected chi connectivity index (χ3v) is 4.07. The summed E-state index contributed by atoms with van der Waals surface area (Å²) in [6.07, 6.45) is 0. The predicted molar refractivity (Wildman–Crippen MR) is 92.7 cm³/mol. The van der Waals surface area contributed by atoms with E-state index in [0.29, 0.717) is 12.2 Å². The Bertz CT molecular complexity index is 797. The zero-order valence-corrected chi connectivity index (χ0v) is 13.3. The Morgan fingerprint density at radius 3 is 2.65 bits per heavy atom. The van der Waals surface area contributed by atoms with Crippen LogP contribution in [0, 0.1) is 0 Å². The van der Waals surface area contributed by atoms with E-state index < -0.39 is 0 Å². The summed E-state index contributed by atoms with van der Waals surface area (Å²) in [4.78, 5) is 14.5. The minimum Gasteiger partial charge on any atom is -0.370 e. The average molecular weight is 308 g/mol. The van der Waals surface area contributed by atoms with Gasteiger partial charge in [-0.2, -0.15) is 5.10 Å². The number of carbonyl (C=O) groups is 1. The van der Waals surface area contributed by atoms with E-state index in [1.807, 2.05) is 49.5 Å². The number of likely N-dealkylation sites (N-methyl/N-ethyl adjacent to an activating group) is 1. The van der Waals surface area contributed by atoms with E-state index in [4.69, 9.17) is 0 Å². The highest BCUT2D eigenvalue weighted by atomic mass is 16.1. The summed E-state index contributed by atoms with van der Waals surface area (Å²) in [5.41, 5.74) is 2.43. The van der Waals surface area contributed by atoms with Crippen molar-refractivity contribution in [2.75, 3.05) is 18.5 Å². The molecule has 1 heterocycles. The summed E-state index contributed by atoms with van der Waals surface area (Å²) in [7, 11) is 2.02. The van der Waals surface area contributed by atoms with Crippen LogP contribution in [0.4, 0.5) is 5.69 Å². The summed E-state index contributed by atoms with van der Waals surface area (Å²) in [5, 5.41) is 10.8. The van der Waals surface area contributed by atoms with Crippen molar-refractivity contribution in [2.24, 2.45) is 0 Å². The zero-order valence-electron chi connectivity index (χ0n) is 13.3. The molecule has 3 aromatic rings. The van der Waals surface area contributed by atoms with Crippen LogP contribution in [0.15, 0.2) is 54.6 Å². The van der Waals surface area contributed by atoms with Crippen molar-refractivity contribution in [3.63, 3.8) is 0 Å². The Kier molecular flexibility index (Phi) is 4.28. The monoisotopic (exact) mass is 308 g/mol. The largest absolute Gasteiger partial charge is 0.370 e. The summed E-state index contributed by atoms with van der Waals surface area (Å²) >= 11 is 0. The number of anilines is 1. The van der Waals surface area contributed by atoms with Gasteiger partial charge in [-0.1, -0.05) is 36.4 Å². The first-order valence-electron chi connectivity index (χ1n) is 7.66. The summed E-state index contributed by atoms with van der Waals surface area (Å²) < 4.78 is 0. The number of amides is 1. The lowest BCUT2D eigenvalue weighted by Gasteiger charge is -2.27. The third-order valence-electron chi connectivity index (χ3n) is 4.07. The van der Waals surface area contributed by atoms with Crippen LogP contribution < -0.4 is 10.2 Å². The number of fused-ring (bicyclic) bond motifs is 1. The Morgan fingerprint density at radius 2 is 1.87 bits per heavy atom. The van der Waals surface area contributed by atoms with Crippen molar-refractivity contribution in [1.29, 1.82) is 0 Å². The number of aromatic amines is 1. The van der Waals surface area contributed by atoms with E-state index >= 15 is 0 Å². The van der Waals surface area contributed by atoms with E-state index in [2.05, 4.69) is 39.5 Å². The number of rotatable bonds is 5. The Hall–Kier alpha value is -2.82. The second-order valence-corrected chi connectivity index (χ2v) is 5.62. The molecule has 5 heteroatoms. The molecule has 0 radical (unpaired) electrons. The van der Waals surface area contributed by atoms with Crippen molar-refractivity contribution in [1.82, 2.24) is 15.5 Å². The molecule has 5 nitrogen and oxygen atoms in total. The van der Waals surface area contributed by atoms with Crippen LogP contribution in [-0.2, 0) is 0 Å². The molecule has 0 bridgehead atoms. The van der Waals surface area contributed by atoms with E-state index in [1.165, 1.54) is 0 Å². The summed E-state index contributed by atoms with van der Waals surface area (Å²) in [6.45, 7) is 2.63. The quantitative estimate of drug-likeness (QED) is 0.762. The number of nitrogens with zero attached hydrogens (tertiary/aromatic N) is 2. The fourth-order valence-corrected chi connectivity index (χ4v) is 2.52. The third kappa shape index (κ3) is 3.18. The molecule has 0 spiro atoms. The van der Waals surface area contributed by atoms with E-state index in [9.17, 15) is 4.79 Å². The molecule has 0 saturated carbocycles. The molecule has 118 valence electrons. The van der Waals surface area contributed by atoms with Crippen LogP contribution in [0.25, 0.3) is 10.9 Å². The lowest BCUT2D eigenvalue weighted by atomic mass is 10.2. The van der Waals surface area contributed by atoms with Gasteiger partial charge in [-0.3, -0.25) is 9.89 Å². The highest BCUT2D eigenvalue weighted by molar-refractivity contribution is 6.04. The van der Waals surface area contributed by atoms with E-state index in [0.717, 1.165) is 16.6 Å². The lowest BCUT2D eigenvalue weighted by Crippen LogP contribution is -2.40. The van der Waals surface area contributed by atoms with E-state index in [-0.39, 0.29) is 11.9 Å². The molecule has 2 N–H and O–H groups in total. The smallest absolute Gasteiger partial charge is 0.272 e. The average Bonchev–Trinajstić information content (AvgIpc) is 3.03. The standard InChI is InChI=1S/C18H20N4O/c1-13(22(2)14-8-4-3-5-9-14)12-19-18(23)17-15-10-6-7-11-16(15)20-21-17/h3-11,13H,12H2,1-2H3,(H,19,23)(H,20,21). The van der Waals surface area contributed by atoms with Crippen LogP contribution in [0.2, 0.25) is 0 Å². The van der Waals surface area contributed by atoms with Crippen LogP contribution in [-0.4, -0.2) is 35.7 Å². The first-order valence-corrected chi connectivity index (χ1v) is 7.66. The maximum absolute atomic E-state index is 12.4. The molecule has 0 aliphatic heterocycles. The Balaban J connectivity index is 1.65. The zero-order chi connectivity index (χ0) is 16.2. The SMILES string of the molecule is CC(CNC(=O)c1n[nH]c2ccccc12)N(C)c1ccccc1. The molecular weight excluding hydrogens is 288 g/mol. The molecular formula is C18H20N4O. The number of nitrogens with one attached hydrogen (secondary N) is 2. The second-order valence-electron chi connectivity index (χ2n) is 5.62. The first-order chi connectivity index (χ1) is 11.2. The Labute approximate surface area is 135 Å². The van der Waals surface area contributed by atoms with Gasteiger partial charge in [0.2, 0.25) is 0 Å². The van der Waals surface area contributed by atoms with Crippen LogP contribution >= 0.6 is 0 Å². The van der Waals surface area contributed by atoms with Crippen molar-refractivity contribution >= 4 is 22.5 Å². The van der Waals surface area contributed by atoms with Gasteiger partial charge in [0.15, 0.2) is 5.69 Å². The number of aromatic nitrogens is 2. The molecule has 1 unspecified atom stereocenters. The van der Waals surface area contributed by atoms with Crippen molar-refractivity contribution in [3.05, 3.63) is 60.3 Å². The highest BCUT2D eigenvalue weighted by Gasteiger charge is 2.16. The molecule has 3 rings (SSSR count). The minimum absolute atomic E-state index is 0.157.